The molecule has 0 bridgehead atoms. The molecule has 0 saturated carbocycles. The average molecular weight is 311 g/mol. The van der Waals surface area contributed by atoms with Crippen LogP contribution >= 0.6 is 0 Å². The first-order valence-corrected chi connectivity index (χ1v) is 7.94. The van der Waals surface area contributed by atoms with E-state index in [0.717, 1.165) is 5.56 Å². The Morgan fingerprint density at radius 2 is 1.65 bits per heavy atom. The van der Waals surface area contributed by atoms with Crippen molar-refractivity contribution in [2.45, 2.75) is 39.2 Å². The Morgan fingerprint density at radius 3 is 2.22 bits per heavy atom. The highest BCUT2D eigenvalue weighted by Crippen LogP contribution is 2.23. The highest BCUT2D eigenvalue weighted by atomic mass is 16.5. The lowest BCUT2D eigenvalue weighted by Crippen LogP contribution is -2.31. The van der Waals surface area contributed by atoms with E-state index in [1.54, 1.807) is 0 Å². The van der Waals surface area contributed by atoms with Crippen LogP contribution in [0.3, 0.4) is 0 Å². The quantitative estimate of drug-likeness (QED) is 0.897. The maximum absolute atomic E-state index is 12.0. The Morgan fingerprint density at radius 1 is 1.04 bits per heavy atom. The van der Waals surface area contributed by atoms with E-state index in [1.807, 2.05) is 37.3 Å². The van der Waals surface area contributed by atoms with Crippen LogP contribution in [-0.4, -0.2) is 12.5 Å². The van der Waals surface area contributed by atoms with E-state index in [2.05, 4.69) is 50.4 Å². The molecule has 122 valence electrons. The van der Waals surface area contributed by atoms with E-state index in [9.17, 15) is 4.79 Å². The van der Waals surface area contributed by atoms with Gasteiger partial charge in [-0.15, -0.1) is 0 Å². The minimum atomic E-state index is -0.124. The van der Waals surface area contributed by atoms with E-state index in [4.69, 9.17) is 4.74 Å². The molecule has 0 heterocycles. The van der Waals surface area contributed by atoms with Crippen molar-refractivity contribution in [2.24, 2.45) is 0 Å². The van der Waals surface area contributed by atoms with Gasteiger partial charge in [0.05, 0.1) is 6.04 Å². The molecule has 0 aliphatic rings. The Hall–Kier alpha value is -2.29. The van der Waals surface area contributed by atoms with E-state index in [1.165, 1.54) is 5.56 Å². The molecule has 2 aromatic rings. The summed E-state index contributed by atoms with van der Waals surface area (Å²) in [5.74, 6) is 0.575. The van der Waals surface area contributed by atoms with Crippen molar-refractivity contribution in [3.63, 3.8) is 0 Å². The molecule has 3 nitrogen and oxygen atoms in total. The number of ether oxygens (including phenoxy) is 1. The number of benzene rings is 2. The monoisotopic (exact) mass is 311 g/mol. The summed E-state index contributed by atoms with van der Waals surface area (Å²) in [4.78, 5) is 12.0. The summed E-state index contributed by atoms with van der Waals surface area (Å²) in [7, 11) is 0. The number of hydrogen-bond acceptors (Lipinski definition) is 2. The molecule has 0 aromatic heterocycles. The standard InChI is InChI=1S/C20H25NO2/c1-15(16-10-12-17(13-11-16)20(2,3)4)21-19(22)14-23-18-8-6-5-7-9-18/h5-13,15H,14H2,1-4H3,(H,21,22)/t15-/m0/s1. The minimum Gasteiger partial charge on any atom is -0.484 e. The van der Waals surface area contributed by atoms with Gasteiger partial charge in [-0.2, -0.15) is 0 Å². The second-order valence-corrected chi connectivity index (χ2v) is 6.76. The van der Waals surface area contributed by atoms with Gasteiger partial charge in [-0.05, 0) is 35.6 Å². The summed E-state index contributed by atoms with van der Waals surface area (Å²) in [6, 6.07) is 17.7. The Labute approximate surface area is 138 Å². The third-order valence-electron chi connectivity index (χ3n) is 3.77. The van der Waals surface area contributed by atoms with Crippen molar-refractivity contribution in [1.29, 1.82) is 0 Å². The summed E-state index contributed by atoms with van der Waals surface area (Å²) >= 11 is 0. The van der Waals surface area contributed by atoms with Crippen molar-refractivity contribution >= 4 is 5.91 Å². The molecule has 0 spiro atoms. The number of carbonyl (C=O) groups excluding carboxylic acids is 1. The van der Waals surface area contributed by atoms with Gasteiger partial charge in [0.15, 0.2) is 6.61 Å². The minimum absolute atomic E-state index is 0.0223. The van der Waals surface area contributed by atoms with Crippen LogP contribution in [0.1, 0.15) is 44.9 Å². The molecule has 23 heavy (non-hydrogen) atoms. The second-order valence-electron chi connectivity index (χ2n) is 6.76. The molecule has 0 aliphatic heterocycles. The van der Waals surface area contributed by atoms with Crippen LogP contribution in [0.4, 0.5) is 0 Å². The van der Waals surface area contributed by atoms with Crippen LogP contribution in [0.2, 0.25) is 0 Å². The van der Waals surface area contributed by atoms with Crippen molar-refractivity contribution < 1.29 is 9.53 Å². The van der Waals surface area contributed by atoms with Crippen molar-refractivity contribution in [1.82, 2.24) is 5.32 Å². The van der Waals surface area contributed by atoms with Gasteiger partial charge in [0.1, 0.15) is 5.75 Å². The van der Waals surface area contributed by atoms with Crippen molar-refractivity contribution in [3.05, 3.63) is 65.7 Å². The van der Waals surface area contributed by atoms with Gasteiger partial charge in [0, 0.05) is 0 Å². The molecule has 1 amide bonds. The average Bonchev–Trinajstić information content (AvgIpc) is 2.53. The molecule has 0 radical (unpaired) electrons. The summed E-state index contributed by atoms with van der Waals surface area (Å²) in [6.45, 7) is 8.57. The molecule has 0 unspecified atom stereocenters. The summed E-state index contributed by atoms with van der Waals surface area (Å²) in [6.07, 6.45) is 0. The number of nitrogens with one attached hydrogen (secondary N) is 1. The predicted octanol–water partition coefficient (Wildman–Crippen LogP) is 4.24. The first-order valence-electron chi connectivity index (χ1n) is 7.94. The van der Waals surface area contributed by atoms with Crippen LogP contribution in [0.25, 0.3) is 0 Å². The molecule has 2 rings (SSSR count). The van der Waals surface area contributed by atoms with Crippen LogP contribution in [0, 0.1) is 0 Å². The lowest BCUT2D eigenvalue weighted by Gasteiger charge is -2.20. The number of rotatable bonds is 5. The zero-order valence-corrected chi connectivity index (χ0v) is 14.3. The highest BCUT2D eigenvalue weighted by Gasteiger charge is 2.15. The van der Waals surface area contributed by atoms with Gasteiger partial charge in [-0.25, -0.2) is 0 Å². The smallest absolute Gasteiger partial charge is 0.258 e. The molecule has 0 fully saturated rings. The highest BCUT2D eigenvalue weighted by molar-refractivity contribution is 5.78. The third kappa shape index (κ3) is 5.13. The number of amides is 1. The summed E-state index contributed by atoms with van der Waals surface area (Å²) in [5, 5.41) is 2.96. The lowest BCUT2D eigenvalue weighted by molar-refractivity contribution is -0.123. The maximum Gasteiger partial charge on any atom is 0.258 e. The fourth-order valence-corrected chi connectivity index (χ4v) is 2.30. The zero-order chi connectivity index (χ0) is 16.9. The van der Waals surface area contributed by atoms with Gasteiger partial charge in [0.2, 0.25) is 0 Å². The summed E-state index contributed by atoms with van der Waals surface area (Å²) in [5.41, 5.74) is 2.51. The normalized spacial score (nSPS) is 12.5. The topological polar surface area (TPSA) is 38.3 Å². The Balaban J connectivity index is 1.88. The van der Waals surface area contributed by atoms with E-state index in [0.29, 0.717) is 5.75 Å². The van der Waals surface area contributed by atoms with Crippen molar-refractivity contribution in [2.75, 3.05) is 6.61 Å². The van der Waals surface area contributed by atoms with Gasteiger partial charge >= 0.3 is 0 Å². The first kappa shape index (κ1) is 17.1. The zero-order valence-electron chi connectivity index (χ0n) is 14.3. The Kier molecular flexibility index (Phi) is 5.43. The molecule has 1 atom stereocenters. The van der Waals surface area contributed by atoms with Crippen molar-refractivity contribution in [3.8, 4) is 5.75 Å². The molecule has 0 aliphatic carbocycles. The number of para-hydroxylation sites is 1. The molecule has 0 saturated heterocycles. The van der Waals surface area contributed by atoms with E-state index < -0.39 is 0 Å². The van der Waals surface area contributed by atoms with Gasteiger partial charge in [-0.1, -0.05) is 63.2 Å². The second kappa shape index (κ2) is 7.32. The van der Waals surface area contributed by atoms with Crippen LogP contribution in [-0.2, 0) is 10.2 Å². The van der Waals surface area contributed by atoms with Gasteiger partial charge in [-0.3, -0.25) is 4.79 Å². The SMILES string of the molecule is C[C@H](NC(=O)COc1ccccc1)c1ccc(C(C)(C)C)cc1. The van der Waals surface area contributed by atoms with Gasteiger partial charge < -0.3 is 10.1 Å². The summed E-state index contributed by atoms with van der Waals surface area (Å²) < 4.78 is 5.46. The predicted molar refractivity (Wildman–Crippen MR) is 93.6 cm³/mol. The first-order chi connectivity index (χ1) is 10.9. The van der Waals surface area contributed by atoms with Crippen LogP contribution in [0.5, 0.6) is 5.75 Å². The molecular formula is C20H25NO2. The van der Waals surface area contributed by atoms with E-state index >= 15 is 0 Å². The van der Waals surface area contributed by atoms with Crippen LogP contribution < -0.4 is 10.1 Å². The lowest BCUT2D eigenvalue weighted by atomic mass is 9.86. The molecular weight excluding hydrogens is 286 g/mol. The largest absolute Gasteiger partial charge is 0.484 e. The number of carbonyl (C=O) groups is 1. The fraction of sp³-hybridized carbons (Fsp3) is 0.350. The fourth-order valence-electron chi connectivity index (χ4n) is 2.30. The van der Waals surface area contributed by atoms with E-state index in [-0.39, 0.29) is 24.0 Å². The molecule has 2 aromatic carbocycles. The maximum atomic E-state index is 12.0. The molecule has 1 N–H and O–H groups in total. The number of hydrogen-bond donors (Lipinski definition) is 1. The molecule has 3 heteroatoms. The Bertz CT molecular complexity index is 627. The van der Waals surface area contributed by atoms with Gasteiger partial charge in [0.25, 0.3) is 5.91 Å². The third-order valence-corrected chi connectivity index (χ3v) is 3.77. The van der Waals surface area contributed by atoms with Crippen LogP contribution in [0.15, 0.2) is 54.6 Å².